The smallest absolute Gasteiger partial charge is 0.254 e. The molecule has 1 N–H and O–H groups in total. The van der Waals surface area contributed by atoms with Crippen LogP contribution < -0.4 is 5.32 Å². The molecule has 0 bridgehead atoms. The predicted octanol–water partition coefficient (Wildman–Crippen LogP) is 4.79. The van der Waals surface area contributed by atoms with Crippen molar-refractivity contribution < 1.29 is 4.39 Å². The van der Waals surface area contributed by atoms with Crippen LogP contribution in [0.1, 0.15) is 41.1 Å². The van der Waals surface area contributed by atoms with E-state index in [0.29, 0.717) is 17.9 Å². The van der Waals surface area contributed by atoms with Gasteiger partial charge in [-0.25, -0.2) is 9.37 Å². The van der Waals surface area contributed by atoms with E-state index in [4.69, 9.17) is 10.1 Å². The van der Waals surface area contributed by atoms with E-state index in [1.807, 2.05) is 6.07 Å². The number of hydrogen-bond donors (Lipinski definition) is 1. The second-order valence-corrected chi connectivity index (χ2v) is 7.63. The van der Waals surface area contributed by atoms with Gasteiger partial charge in [-0.15, -0.1) is 5.10 Å². The molecule has 0 spiro atoms. The first-order valence-corrected chi connectivity index (χ1v) is 10.0. The Labute approximate surface area is 168 Å². The summed E-state index contributed by atoms with van der Waals surface area (Å²) in [6.07, 6.45) is 4.75. The Bertz CT molecular complexity index is 1180. The molecule has 6 heteroatoms. The zero-order valence-corrected chi connectivity index (χ0v) is 16.3. The normalized spacial score (nSPS) is 13.4. The lowest BCUT2D eigenvalue weighted by atomic mass is 9.96. The molecule has 5 rings (SSSR count). The molecular formula is C23H22FN5. The Kier molecular flexibility index (Phi) is 4.46. The quantitative estimate of drug-likeness (QED) is 0.547. The third-order valence-electron chi connectivity index (χ3n) is 5.38. The molecule has 0 saturated carbocycles. The summed E-state index contributed by atoms with van der Waals surface area (Å²) in [6.45, 7) is 2.08. The van der Waals surface area contributed by atoms with Crippen LogP contribution >= 0.6 is 0 Å². The monoisotopic (exact) mass is 387 g/mol. The fraction of sp³-hybridized carbons (Fsp3) is 0.261. The van der Waals surface area contributed by atoms with Crippen LogP contribution in [0.2, 0.25) is 0 Å². The molecule has 1 aliphatic rings. The number of fused-ring (bicyclic) bond motifs is 2. The van der Waals surface area contributed by atoms with Gasteiger partial charge in [-0.2, -0.15) is 9.50 Å². The van der Waals surface area contributed by atoms with E-state index < -0.39 is 0 Å². The number of hydrogen-bond acceptors (Lipinski definition) is 4. The molecule has 0 aliphatic heterocycles. The van der Waals surface area contributed by atoms with Gasteiger partial charge in [0.25, 0.3) is 5.78 Å². The molecule has 1 aliphatic carbocycles. The van der Waals surface area contributed by atoms with Crippen molar-refractivity contribution in [1.29, 1.82) is 0 Å². The number of aryl methyl sites for hydroxylation is 2. The van der Waals surface area contributed by atoms with Gasteiger partial charge in [0.15, 0.2) is 5.82 Å². The van der Waals surface area contributed by atoms with Crippen LogP contribution in [-0.2, 0) is 19.3 Å². The third-order valence-corrected chi connectivity index (χ3v) is 5.38. The van der Waals surface area contributed by atoms with Crippen LogP contribution in [0, 0.1) is 12.7 Å². The zero-order valence-electron chi connectivity index (χ0n) is 16.3. The number of nitrogens with zero attached hydrogens (tertiary/aromatic N) is 4. The Balaban J connectivity index is 1.59. The average molecular weight is 387 g/mol. The largest absolute Gasteiger partial charge is 0.340 e. The second-order valence-electron chi connectivity index (χ2n) is 7.63. The van der Waals surface area contributed by atoms with E-state index in [9.17, 15) is 4.39 Å². The molecule has 0 fully saturated rings. The zero-order chi connectivity index (χ0) is 19.8. The van der Waals surface area contributed by atoms with Gasteiger partial charge in [-0.05, 0) is 56.4 Å². The highest BCUT2D eigenvalue weighted by atomic mass is 19.1. The van der Waals surface area contributed by atoms with Crippen molar-refractivity contribution in [3.63, 3.8) is 0 Å². The Morgan fingerprint density at radius 2 is 1.86 bits per heavy atom. The maximum Gasteiger partial charge on any atom is 0.254 e. The van der Waals surface area contributed by atoms with Crippen LogP contribution in [0.5, 0.6) is 0 Å². The van der Waals surface area contributed by atoms with Crippen molar-refractivity contribution in [2.24, 2.45) is 0 Å². The van der Waals surface area contributed by atoms with Crippen molar-refractivity contribution in [3.05, 3.63) is 82.6 Å². The lowest BCUT2D eigenvalue weighted by Crippen LogP contribution is -2.13. The minimum atomic E-state index is -0.271. The van der Waals surface area contributed by atoms with Gasteiger partial charge in [0.1, 0.15) is 11.6 Å². The van der Waals surface area contributed by atoms with Crippen molar-refractivity contribution in [2.45, 2.75) is 39.0 Å². The summed E-state index contributed by atoms with van der Waals surface area (Å²) in [7, 11) is 0. The molecule has 5 nitrogen and oxygen atoms in total. The van der Waals surface area contributed by atoms with Gasteiger partial charge in [0, 0.05) is 17.7 Å². The lowest BCUT2D eigenvalue weighted by Gasteiger charge is -2.19. The van der Waals surface area contributed by atoms with Gasteiger partial charge in [0.05, 0.1) is 5.69 Å². The lowest BCUT2D eigenvalue weighted by molar-refractivity contribution is 0.628. The number of aromatic nitrogens is 4. The summed E-state index contributed by atoms with van der Waals surface area (Å²) < 4.78 is 15.5. The first-order valence-electron chi connectivity index (χ1n) is 10.0. The van der Waals surface area contributed by atoms with Crippen LogP contribution in [0.25, 0.3) is 5.78 Å². The average Bonchev–Trinajstić information content (AvgIpc) is 3.12. The highest BCUT2D eigenvalue weighted by Crippen LogP contribution is 2.30. The van der Waals surface area contributed by atoms with Crippen molar-refractivity contribution in [3.8, 4) is 0 Å². The molecule has 29 heavy (non-hydrogen) atoms. The molecule has 0 atom stereocenters. The summed E-state index contributed by atoms with van der Waals surface area (Å²) in [5, 5.41) is 8.12. The highest BCUT2D eigenvalue weighted by Gasteiger charge is 2.21. The van der Waals surface area contributed by atoms with Gasteiger partial charge in [-0.3, -0.25) is 0 Å². The van der Waals surface area contributed by atoms with E-state index in [1.165, 1.54) is 17.7 Å². The molecule has 0 amide bonds. The topological polar surface area (TPSA) is 55.1 Å². The molecule has 2 aromatic heterocycles. The number of halogens is 1. The van der Waals surface area contributed by atoms with Gasteiger partial charge < -0.3 is 5.32 Å². The van der Waals surface area contributed by atoms with Crippen LogP contribution in [0.4, 0.5) is 15.9 Å². The van der Waals surface area contributed by atoms with Crippen LogP contribution in [0.15, 0.2) is 48.5 Å². The van der Waals surface area contributed by atoms with Crippen molar-refractivity contribution in [1.82, 2.24) is 19.6 Å². The maximum atomic E-state index is 13.7. The molecule has 4 aromatic rings. The Morgan fingerprint density at radius 3 is 2.69 bits per heavy atom. The number of rotatable bonds is 4. The summed E-state index contributed by atoms with van der Waals surface area (Å²) in [6, 6.07) is 14.9. The number of nitrogens with one attached hydrogen (secondary N) is 1. The first kappa shape index (κ1) is 17.8. The SMILES string of the molecule is Cc1ccc(Cc2nc3nc4c(c(Nc5cccc(F)c5)n3n2)CCCC4)cc1. The van der Waals surface area contributed by atoms with Crippen molar-refractivity contribution >= 4 is 17.3 Å². The summed E-state index contributed by atoms with van der Waals surface area (Å²) in [5.74, 6) is 1.89. The van der Waals surface area contributed by atoms with Crippen molar-refractivity contribution in [2.75, 3.05) is 5.32 Å². The predicted molar refractivity (Wildman–Crippen MR) is 111 cm³/mol. The Morgan fingerprint density at radius 1 is 1.03 bits per heavy atom. The molecule has 2 heterocycles. The molecule has 0 radical (unpaired) electrons. The summed E-state index contributed by atoms with van der Waals surface area (Å²) in [4.78, 5) is 9.47. The van der Waals surface area contributed by atoms with Gasteiger partial charge >= 0.3 is 0 Å². The fourth-order valence-electron chi connectivity index (χ4n) is 3.88. The highest BCUT2D eigenvalue weighted by molar-refractivity contribution is 5.63. The standard InChI is InChI=1S/C23H22FN5/c1-15-9-11-16(12-10-15)13-21-27-23-26-20-8-3-2-7-19(20)22(29(23)28-21)25-18-6-4-5-17(24)14-18/h4-6,9-12,14,25H,2-3,7-8,13H2,1H3. The van der Waals surface area contributed by atoms with Crippen LogP contribution in [-0.4, -0.2) is 19.6 Å². The Hall–Kier alpha value is -3.28. The van der Waals surface area contributed by atoms with Gasteiger partial charge in [0.2, 0.25) is 0 Å². The first-order chi connectivity index (χ1) is 14.2. The van der Waals surface area contributed by atoms with E-state index >= 15 is 0 Å². The van der Waals surface area contributed by atoms with E-state index in [1.54, 1.807) is 10.6 Å². The number of anilines is 2. The van der Waals surface area contributed by atoms with E-state index in [0.717, 1.165) is 54.1 Å². The summed E-state index contributed by atoms with van der Waals surface area (Å²) >= 11 is 0. The molecule has 0 saturated heterocycles. The maximum absolute atomic E-state index is 13.7. The third kappa shape index (κ3) is 3.58. The van der Waals surface area contributed by atoms with Gasteiger partial charge in [-0.1, -0.05) is 35.9 Å². The van der Waals surface area contributed by atoms with Crippen LogP contribution in [0.3, 0.4) is 0 Å². The molecular weight excluding hydrogens is 365 g/mol. The van der Waals surface area contributed by atoms with E-state index in [-0.39, 0.29) is 5.82 Å². The van der Waals surface area contributed by atoms with E-state index in [2.05, 4.69) is 41.5 Å². The molecule has 2 aromatic carbocycles. The minimum Gasteiger partial charge on any atom is -0.340 e. The number of benzene rings is 2. The molecule has 146 valence electrons. The summed E-state index contributed by atoms with van der Waals surface area (Å²) in [5.41, 5.74) is 5.31. The fourth-order valence-corrected chi connectivity index (χ4v) is 3.88. The minimum absolute atomic E-state index is 0.271. The second kappa shape index (κ2) is 7.28. The molecule has 0 unspecified atom stereocenters.